The molecule has 2 N–H and O–H groups in total. The van der Waals surface area contributed by atoms with E-state index in [0.29, 0.717) is 12.6 Å². The molecule has 15 heavy (non-hydrogen) atoms. The van der Waals surface area contributed by atoms with Crippen LogP contribution in [-0.2, 0) is 6.54 Å². The van der Waals surface area contributed by atoms with Crippen molar-refractivity contribution in [2.24, 2.45) is 5.73 Å². The van der Waals surface area contributed by atoms with Gasteiger partial charge in [0.15, 0.2) is 0 Å². The minimum absolute atomic E-state index is 0.477. The Morgan fingerprint density at radius 1 is 1.40 bits per heavy atom. The standard InChI is InChI=1S/C12H21N3/c1-5-15(9(2)3)12-7-6-11(8-13)10(4)14-12/h6-7,9H,5,8,13H2,1-4H3. The Kier molecular flexibility index (Phi) is 4.09. The van der Waals surface area contributed by atoms with E-state index in [1.165, 1.54) is 0 Å². The first-order valence-corrected chi connectivity index (χ1v) is 5.53. The highest BCUT2D eigenvalue weighted by atomic mass is 15.2. The van der Waals surface area contributed by atoms with Crippen LogP contribution in [-0.4, -0.2) is 17.6 Å². The summed E-state index contributed by atoms with van der Waals surface area (Å²) in [6.07, 6.45) is 0. The van der Waals surface area contributed by atoms with E-state index in [1.807, 2.05) is 6.92 Å². The lowest BCUT2D eigenvalue weighted by Gasteiger charge is -2.26. The minimum Gasteiger partial charge on any atom is -0.354 e. The minimum atomic E-state index is 0.477. The molecular formula is C12H21N3. The molecular weight excluding hydrogens is 186 g/mol. The molecule has 0 fully saturated rings. The van der Waals surface area contributed by atoms with E-state index in [4.69, 9.17) is 5.73 Å². The molecule has 0 saturated heterocycles. The normalized spacial score (nSPS) is 10.8. The van der Waals surface area contributed by atoms with Crippen LogP contribution in [0.5, 0.6) is 0 Å². The summed E-state index contributed by atoms with van der Waals surface area (Å²) in [4.78, 5) is 6.85. The average Bonchev–Trinajstić information content (AvgIpc) is 2.18. The van der Waals surface area contributed by atoms with E-state index < -0.39 is 0 Å². The third-order valence-electron chi connectivity index (χ3n) is 2.66. The van der Waals surface area contributed by atoms with Crippen molar-refractivity contribution >= 4 is 5.82 Å². The summed E-state index contributed by atoms with van der Waals surface area (Å²) in [6.45, 7) is 10.1. The molecule has 3 heteroatoms. The van der Waals surface area contributed by atoms with Crippen LogP contribution >= 0.6 is 0 Å². The summed E-state index contributed by atoms with van der Waals surface area (Å²) in [6, 6.07) is 4.60. The third-order valence-corrected chi connectivity index (χ3v) is 2.66. The molecule has 0 aliphatic heterocycles. The van der Waals surface area contributed by atoms with Crippen LogP contribution < -0.4 is 10.6 Å². The third kappa shape index (κ3) is 2.69. The van der Waals surface area contributed by atoms with Crippen LogP contribution in [0, 0.1) is 6.92 Å². The molecule has 0 aliphatic rings. The second kappa shape index (κ2) is 5.12. The molecule has 3 nitrogen and oxygen atoms in total. The van der Waals surface area contributed by atoms with Gasteiger partial charge in [-0.15, -0.1) is 0 Å². The smallest absolute Gasteiger partial charge is 0.129 e. The van der Waals surface area contributed by atoms with Crippen molar-refractivity contribution < 1.29 is 0 Å². The lowest BCUT2D eigenvalue weighted by Crippen LogP contribution is -2.31. The highest BCUT2D eigenvalue weighted by Crippen LogP contribution is 2.16. The van der Waals surface area contributed by atoms with Gasteiger partial charge in [0.2, 0.25) is 0 Å². The Hall–Kier alpha value is -1.09. The second-order valence-corrected chi connectivity index (χ2v) is 4.00. The van der Waals surface area contributed by atoms with Gasteiger partial charge >= 0.3 is 0 Å². The molecule has 1 aromatic rings. The fraction of sp³-hybridized carbons (Fsp3) is 0.583. The van der Waals surface area contributed by atoms with E-state index in [-0.39, 0.29) is 0 Å². The first-order chi connectivity index (χ1) is 7.10. The molecule has 1 aromatic heterocycles. The largest absolute Gasteiger partial charge is 0.354 e. The Balaban J connectivity index is 3.00. The molecule has 84 valence electrons. The van der Waals surface area contributed by atoms with Crippen molar-refractivity contribution in [2.75, 3.05) is 11.4 Å². The molecule has 0 atom stereocenters. The number of aryl methyl sites for hydroxylation is 1. The highest BCUT2D eigenvalue weighted by molar-refractivity contribution is 5.42. The summed E-state index contributed by atoms with van der Waals surface area (Å²) >= 11 is 0. The van der Waals surface area contributed by atoms with Gasteiger partial charge < -0.3 is 10.6 Å². The van der Waals surface area contributed by atoms with Gasteiger partial charge in [0, 0.05) is 24.8 Å². The molecule has 0 unspecified atom stereocenters. The van der Waals surface area contributed by atoms with Crippen LogP contribution in [0.15, 0.2) is 12.1 Å². The fourth-order valence-corrected chi connectivity index (χ4v) is 1.74. The second-order valence-electron chi connectivity index (χ2n) is 4.00. The topological polar surface area (TPSA) is 42.1 Å². The van der Waals surface area contributed by atoms with E-state index in [9.17, 15) is 0 Å². The van der Waals surface area contributed by atoms with E-state index in [0.717, 1.165) is 23.6 Å². The fourth-order valence-electron chi connectivity index (χ4n) is 1.74. The monoisotopic (exact) mass is 207 g/mol. The Morgan fingerprint density at radius 2 is 2.07 bits per heavy atom. The van der Waals surface area contributed by atoms with Crippen molar-refractivity contribution in [1.82, 2.24) is 4.98 Å². The van der Waals surface area contributed by atoms with Gasteiger partial charge in [-0.3, -0.25) is 0 Å². The number of nitrogens with two attached hydrogens (primary N) is 1. The highest BCUT2D eigenvalue weighted by Gasteiger charge is 2.10. The maximum atomic E-state index is 5.62. The van der Waals surface area contributed by atoms with E-state index >= 15 is 0 Å². The van der Waals surface area contributed by atoms with E-state index in [2.05, 4.69) is 42.8 Å². The maximum absolute atomic E-state index is 5.62. The lowest BCUT2D eigenvalue weighted by molar-refractivity contribution is 0.691. The summed E-state index contributed by atoms with van der Waals surface area (Å²) in [5, 5.41) is 0. The maximum Gasteiger partial charge on any atom is 0.129 e. The SMILES string of the molecule is CCN(c1ccc(CN)c(C)n1)C(C)C. The van der Waals surface area contributed by atoms with E-state index in [1.54, 1.807) is 0 Å². The number of hydrogen-bond donors (Lipinski definition) is 1. The Morgan fingerprint density at radius 3 is 2.47 bits per heavy atom. The molecule has 1 rings (SSSR count). The van der Waals surface area contributed by atoms with Gasteiger partial charge in [-0.25, -0.2) is 4.98 Å². The van der Waals surface area contributed by atoms with Crippen LogP contribution in [0.3, 0.4) is 0 Å². The van der Waals surface area contributed by atoms with Crippen molar-refractivity contribution in [2.45, 2.75) is 40.3 Å². The number of hydrogen-bond acceptors (Lipinski definition) is 3. The van der Waals surface area contributed by atoms with Crippen LogP contribution in [0.4, 0.5) is 5.82 Å². The van der Waals surface area contributed by atoms with Gasteiger partial charge in [0.25, 0.3) is 0 Å². The van der Waals surface area contributed by atoms with Gasteiger partial charge in [-0.05, 0) is 39.3 Å². The van der Waals surface area contributed by atoms with Gasteiger partial charge in [-0.2, -0.15) is 0 Å². The summed E-state index contributed by atoms with van der Waals surface area (Å²) < 4.78 is 0. The average molecular weight is 207 g/mol. The van der Waals surface area contributed by atoms with Crippen LogP contribution in [0.1, 0.15) is 32.0 Å². The quantitative estimate of drug-likeness (QED) is 0.822. The molecule has 0 spiro atoms. The van der Waals surface area contributed by atoms with Crippen molar-refractivity contribution in [3.63, 3.8) is 0 Å². The molecule has 0 radical (unpaired) electrons. The zero-order chi connectivity index (χ0) is 11.4. The number of rotatable bonds is 4. The molecule has 0 bridgehead atoms. The number of aromatic nitrogens is 1. The molecule has 0 amide bonds. The predicted octanol–water partition coefficient (Wildman–Crippen LogP) is 2.08. The lowest BCUT2D eigenvalue weighted by atomic mass is 10.2. The van der Waals surface area contributed by atoms with Gasteiger partial charge in [0.05, 0.1) is 0 Å². The zero-order valence-corrected chi connectivity index (χ0v) is 10.1. The Bertz CT molecular complexity index is 321. The van der Waals surface area contributed by atoms with Gasteiger partial charge in [0.1, 0.15) is 5.82 Å². The summed E-state index contributed by atoms with van der Waals surface area (Å²) in [5.41, 5.74) is 7.78. The summed E-state index contributed by atoms with van der Waals surface area (Å²) in [7, 11) is 0. The van der Waals surface area contributed by atoms with Gasteiger partial charge in [-0.1, -0.05) is 6.07 Å². The van der Waals surface area contributed by atoms with Crippen LogP contribution in [0.25, 0.3) is 0 Å². The van der Waals surface area contributed by atoms with Crippen LogP contribution in [0.2, 0.25) is 0 Å². The number of nitrogens with zero attached hydrogens (tertiary/aromatic N) is 2. The molecule has 0 aliphatic carbocycles. The Labute approximate surface area is 92.3 Å². The van der Waals surface area contributed by atoms with Crippen molar-refractivity contribution in [1.29, 1.82) is 0 Å². The molecule has 0 saturated carbocycles. The summed E-state index contributed by atoms with van der Waals surface area (Å²) in [5.74, 6) is 1.04. The molecule has 1 heterocycles. The van der Waals surface area contributed by atoms with Crippen molar-refractivity contribution in [3.8, 4) is 0 Å². The molecule has 0 aromatic carbocycles. The first-order valence-electron chi connectivity index (χ1n) is 5.53. The first kappa shape index (κ1) is 12.0. The zero-order valence-electron chi connectivity index (χ0n) is 10.1. The van der Waals surface area contributed by atoms with Crippen molar-refractivity contribution in [3.05, 3.63) is 23.4 Å². The number of pyridine rings is 1. The number of anilines is 1. The predicted molar refractivity (Wildman–Crippen MR) is 65.0 cm³/mol.